The van der Waals surface area contributed by atoms with Crippen LogP contribution in [0.1, 0.15) is 19.3 Å². The summed E-state index contributed by atoms with van der Waals surface area (Å²) in [6, 6.07) is 0. The third-order valence-corrected chi connectivity index (χ3v) is 4.34. The molecule has 0 saturated heterocycles. The Labute approximate surface area is 226 Å². The van der Waals surface area contributed by atoms with Crippen molar-refractivity contribution in [1.82, 2.24) is 10.6 Å². The first-order chi connectivity index (χ1) is 18.9. The van der Waals surface area contributed by atoms with Crippen LogP contribution in [0.25, 0.3) is 0 Å². The zero-order valence-electron chi connectivity index (χ0n) is 20.6. The van der Waals surface area contributed by atoms with Gasteiger partial charge in [0.05, 0.1) is 0 Å². The van der Waals surface area contributed by atoms with E-state index in [1.54, 1.807) is 0 Å². The molecule has 0 bridgehead atoms. The van der Waals surface area contributed by atoms with E-state index in [0.29, 0.717) is 0 Å². The number of halogens is 12. The lowest BCUT2D eigenvalue weighted by Gasteiger charge is -2.45. The summed E-state index contributed by atoms with van der Waals surface area (Å²) in [5.41, 5.74) is 10.3. The molecule has 0 amide bonds. The molecule has 0 atom stereocenters. The maximum Gasteiger partial charge on any atom is 0.491 e. The van der Waals surface area contributed by atoms with Crippen LogP contribution in [-0.2, 0) is 38.1 Å². The molecule has 0 spiro atoms. The van der Waals surface area contributed by atoms with E-state index in [4.69, 9.17) is 11.5 Å². The van der Waals surface area contributed by atoms with Crippen LogP contribution in [0.4, 0.5) is 52.7 Å². The molecule has 0 aliphatic carbocycles. The number of nitrogens with two attached hydrogens (primary N) is 2. The Morgan fingerprint density at radius 1 is 0.524 bits per heavy atom. The number of rotatable bonds is 15. The van der Waals surface area contributed by atoms with Crippen molar-refractivity contribution in [2.24, 2.45) is 11.5 Å². The summed E-state index contributed by atoms with van der Waals surface area (Å²) in [6.45, 7) is -3.42. The van der Waals surface area contributed by atoms with E-state index < -0.39 is 92.8 Å². The molecular weight excluding hydrogens is 628 g/mol. The second kappa shape index (κ2) is 14.9. The van der Waals surface area contributed by atoms with Gasteiger partial charge in [-0.3, -0.25) is 0 Å². The van der Waals surface area contributed by atoms with Crippen LogP contribution in [0.5, 0.6) is 0 Å². The Hall–Kier alpha value is -3.12. The lowest BCUT2D eigenvalue weighted by Crippen LogP contribution is -2.73. The van der Waals surface area contributed by atoms with Gasteiger partial charge in [0, 0.05) is 19.5 Å². The maximum absolute atomic E-state index is 13.2. The number of carbonyl (C=O) groups is 4. The summed E-state index contributed by atoms with van der Waals surface area (Å²) in [5.74, 6) is -24.8. The average molecular weight is 650 g/mol. The van der Waals surface area contributed by atoms with Gasteiger partial charge in [-0.25, -0.2) is 24.5 Å². The first-order valence-electron chi connectivity index (χ1n) is 10.9. The minimum atomic E-state index is -6.32. The van der Waals surface area contributed by atoms with Crippen LogP contribution in [0.3, 0.4) is 0 Å². The quantitative estimate of drug-likeness (QED) is 0.0857. The van der Waals surface area contributed by atoms with Crippen LogP contribution >= 0.6 is 0 Å². The van der Waals surface area contributed by atoms with Crippen molar-refractivity contribution in [3.8, 4) is 0 Å². The molecule has 6 N–H and O–H groups in total. The highest BCUT2D eigenvalue weighted by Gasteiger charge is 2.70. The third kappa shape index (κ3) is 11.6. The highest BCUT2D eigenvalue weighted by molar-refractivity contribution is 5.80. The first kappa shape index (κ1) is 38.9. The van der Waals surface area contributed by atoms with Crippen molar-refractivity contribution in [3.05, 3.63) is 0 Å². The van der Waals surface area contributed by atoms with Gasteiger partial charge in [-0.05, 0) is 32.5 Å². The Morgan fingerprint density at radius 3 is 1.19 bits per heavy atom. The fraction of sp³-hybridized carbons (Fsp3) is 0.778. The van der Waals surface area contributed by atoms with Crippen molar-refractivity contribution in [2.75, 3.05) is 32.7 Å². The predicted molar refractivity (Wildman–Crippen MR) is 107 cm³/mol. The fourth-order valence-electron chi connectivity index (χ4n) is 2.56. The van der Waals surface area contributed by atoms with Gasteiger partial charge in [-0.1, -0.05) is 0 Å². The molecule has 0 heterocycles. The molecule has 0 unspecified atom stereocenters. The number of carbonyl (C=O) groups excluding carboxylic acids is 4. The van der Waals surface area contributed by atoms with E-state index in [9.17, 15) is 71.9 Å². The van der Waals surface area contributed by atoms with Crippen LogP contribution in [0.15, 0.2) is 0 Å². The molecule has 246 valence electrons. The van der Waals surface area contributed by atoms with Gasteiger partial charge in [0.1, 0.15) is 0 Å². The van der Waals surface area contributed by atoms with E-state index in [1.807, 2.05) is 0 Å². The van der Waals surface area contributed by atoms with E-state index in [1.165, 1.54) is 5.32 Å². The SMILES string of the molecule is NCCCNCCC(OC(=O)C(F)(F)F)(OC(=O)C(F)(F)F)C(NCCCN)(OC(=O)C(F)(F)F)OC(=O)C(F)(F)F. The Kier molecular flexibility index (Phi) is 13.8. The van der Waals surface area contributed by atoms with Gasteiger partial charge in [0.2, 0.25) is 0 Å². The topological polar surface area (TPSA) is 181 Å². The van der Waals surface area contributed by atoms with Crippen LogP contribution in [0, 0.1) is 0 Å². The van der Waals surface area contributed by atoms with Gasteiger partial charge in [-0.15, -0.1) is 0 Å². The Bertz CT molecular complexity index is 881. The third-order valence-electron chi connectivity index (χ3n) is 4.34. The first-order valence-corrected chi connectivity index (χ1v) is 10.9. The molecule has 0 aromatic heterocycles. The zero-order valence-corrected chi connectivity index (χ0v) is 20.6. The molecule has 0 rings (SSSR count). The lowest BCUT2D eigenvalue weighted by molar-refractivity contribution is -0.395. The van der Waals surface area contributed by atoms with Gasteiger partial charge in [0.25, 0.3) is 0 Å². The summed E-state index contributed by atoms with van der Waals surface area (Å²) in [5, 5.41) is 3.42. The van der Waals surface area contributed by atoms with Crippen LogP contribution in [-0.4, -0.2) is 93.0 Å². The average Bonchev–Trinajstić information content (AvgIpc) is 2.81. The highest BCUT2D eigenvalue weighted by Crippen LogP contribution is 2.41. The van der Waals surface area contributed by atoms with Gasteiger partial charge in [0.15, 0.2) is 0 Å². The van der Waals surface area contributed by atoms with E-state index >= 15 is 0 Å². The molecule has 12 nitrogen and oxygen atoms in total. The summed E-state index contributed by atoms with van der Waals surface area (Å²) in [4.78, 5) is 47.0. The number of alkyl halides is 12. The molecule has 24 heteroatoms. The lowest BCUT2D eigenvalue weighted by atomic mass is 10.1. The molecule has 0 aromatic carbocycles. The number of nitrogens with one attached hydrogen (secondary N) is 2. The highest BCUT2D eigenvalue weighted by atomic mass is 19.4. The number of esters is 4. The Morgan fingerprint density at radius 2 is 0.857 bits per heavy atom. The second-order valence-corrected chi connectivity index (χ2v) is 7.63. The molecule has 0 saturated carbocycles. The minimum Gasteiger partial charge on any atom is -0.406 e. The van der Waals surface area contributed by atoms with Gasteiger partial charge in [-0.2, -0.15) is 52.7 Å². The molecular formula is C18H22F12N4O8. The predicted octanol–water partition coefficient (Wildman–Crippen LogP) is 1.03. The normalized spacial score (nSPS) is 13.4. The number of ether oxygens (including phenoxy) is 4. The standard InChI is InChI=1S/C18H22F12N4O8/c19-14(20,21)9(35)39-13(3-8-33-6-1-4-31,40-10(36)15(22,23)24)18(34-7-2-5-32,41-11(37)16(25,26)27)42-12(38)17(28,29)30/h33-34H,1-8,31-32H2. The monoisotopic (exact) mass is 650 g/mol. The molecule has 0 fully saturated rings. The second-order valence-electron chi connectivity index (χ2n) is 7.63. The van der Waals surface area contributed by atoms with E-state index in [-0.39, 0.29) is 19.5 Å². The largest absolute Gasteiger partial charge is 0.491 e. The molecule has 0 aliphatic heterocycles. The zero-order chi connectivity index (χ0) is 33.2. The maximum atomic E-state index is 13.2. The van der Waals surface area contributed by atoms with Crippen LogP contribution < -0.4 is 22.1 Å². The molecule has 0 radical (unpaired) electrons. The van der Waals surface area contributed by atoms with Crippen LogP contribution in [0.2, 0.25) is 0 Å². The summed E-state index contributed by atoms with van der Waals surface area (Å²) in [6.07, 6.45) is -27.9. The summed E-state index contributed by atoms with van der Waals surface area (Å²) < 4.78 is 173. The van der Waals surface area contributed by atoms with Gasteiger partial charge < -0.3 is 35.7 Å². The van der Waals surface area contributed by atoms with Crippen molar-refractivity contribution in [1.29, 1.82) is 0 Å². The van der Waals surface area contributed by atoms with Crippen molar-refractivity contribution in [3.63, 3.8) is 0 Å². The van der Waals surface area contributed by atoms with Gasteiger partial charge >= 0.3 is 60.3 Å². The number of hydrogen-bond donors (Lipinski definition) is 4. The molecule has 0 aromatic rings. The van der Waals surface area contributed by atoms with E-state index in [0.717, 1.165) is 0 Å². The van der Waals surface area contributed by atoms with Crippen molar-refractivity contribution in [2.45, 2.75) is 55.7 Å². The molecule has 42 heavy (non-hydrogen) atoms. The Balaban J connectivity index is 7.74. The number of hydrogen-bond acceptors (Lipinski definition) is 12. The summed E-state index contributed by atoms with van der Waals surface area (Å²) >= 11 is 0. The fourth-order valence-corrected chi connectivity index (χ4v) is 2.56. The van der Waals surface area contributed by atoms with E-state index in [2.05, 4.69) is 24.3 Å². The molecule has 0 aliphatic rings. The summed E-state index contributed by atoms with van der Waals surface area (Å²) in [7, 11) is 0. The minimum absolute atomic E-state index is 0.0102. The van der Waals surface area contributed by atoms with Crippen molar-refractivity contribution >= 4 is 23.9 Å². The smallest absolute Gasteiger partial charge is 0.406 e. The van der Waals surface area contributed by atoms with Crippen molar-refractivity contribution < 1.29 is 90.8 Å².